The van der Waals surface area contributed by atoms with Crippen LogP contribution in [0, 0.1) is 26.7 Å². The molecule has 7 heteroatoms. The number of fused-ring (bicyclic) bond motifs is 1. The summed E-state index contributed by atoms with van der Waals surface area (Å²) in [5.74, 6) is 0.00381. The molecule has 6 nitrogen and oxygen atoms in total. The van der Waals surface area contributed by atoms with Crippen LogP contribution in [0.25, 0.3) is 10.2 Å². The zero-order valence-corrected chi connectivity index (χ0v) is 13.6. The normalized spacial score (nSPS) is 24.8. The van der Waals surface area contributed by atoms with E-state index in [1.807, 2.05) is 20.8 Å². The number of nitrogens with one attached hydrogen (secondary N) is 1. The average molecular weight is 321 g/mol. The monoisotopic (exact) mass is 321 g/mol. The number of hydrogen-bond donors (Lipinski definition) is 3. The molecule has 1 fully saturated rings. The molecule has 3 rings (SSSR count). The smallest absolute Gasteiger partial charge is 0.306 e. The van der Waals surface area contributed by atoms with Gasteiger partial charge in [-0.15, -0.1) is 11.3 Å². The summed E-state index contributed by atoms with van der Waals surface area (Å²) >= 11 is 1.62. The van der Waals surface area contributed by atoms with Crippen molar-refractivity contribution in [3.8, 4) is 0 Å². The Kier molecular flexibility index (Phi) is 3.78. The highest BCUT2D eigenvalue weighted by Gasteiger charge is 2.37. The van der Waals surface area contributed by atoms with E-state index in [-0.39, 0.29) is 12.5 Å². The molecule has 0 aromatic carbocycles. The molecule has 0 saturated heterocycles. The van der Waals surface area contributed by atoms with E-state index < -0.39 is 18.0 Å². The first-order valence-corrected chi connectivity index (χ1v) is 8.10. The third-order valence-electron chi connectivity index (χ3n) is 4.34. The van der Waals surface area contributed by atoms with E-state index in [4.69, 9.17) is 5.11 Å². The molecular weight excluding hydrogens is 302 g/mol. The number of aliphatic carboxylic acids is 1. The number of aliphatic hydroxyl groups excluding tert-OH is 1. The lowest BCUT2D eigenvalue weighted by atomic mass is 10.1. The van der Waals surface area contributed by atoms with Crippen LogP contribution in [0.5, 0.6) is 0 Å². The second-order valence-electron chi connectivity index (χ2n) is 5.91. The molecule has 3 atom stereocenters. The minimum absolute atomic E-state index is 0.280. The molecular formula is C15H19N3O3S. The van der Waals surface area contributed by atoms with Crippen LogP contribution in [0.15, 0.2) is 0 Å². The van der Waals surface area contributed by atoms with Gasteiger partial charge in [-0.05, 0) is 39.2 Å². The van der Waals surface area contributed by atoms with Crippen molar-refractivity contribution in [3.05, 3.63) is 16.3 Å². The molecule has 0 radical (unpaired) electrons. The van der Waals surface area contributed by atoms with Gasteiger partial charge in [0.05, 0.1) is 23.4 Å². The van der Waals surface area contributed by atoms with Crippen LogP contribution in [0.2, 0.25) is 0 Å². The van der Waals surface area contributed by atoms with Gasteiger partial charge < -0.3 is 15.5 Å². The zero-order valence-electron chi connectivity index (χ0n) is 12.8. The Balaban J connectivity index is 1.95. The molecule has 0 aliphatic heterocycles. The lowest BCUT2D eigenvalue weighted by molar-refractivity contribution is -0.141. The van der Waals surface area contributed by atoms with Gasteiger partial charge in [-0.3, -0.25) is 4.79 Å². The third kappa shape index (κ3) is 2.55. The molecule has 118 valence electrons. The highest BCUT2D eigenvalue weighted by atomic mass is 32.1. The largest absolute Gasteiger partial charge is 0.481 e. The van der Waals surface area contributed by atoms with Crippen molar-refractivity contribution >= 4 is 33.3 Å². The lowest BCUT2D eigenvalue weighted by Gasteiger charge is -2.18. The number of carboxylic acids is 1. The second kappa shape index (κ2) is 5.48. The Morgan fingerprint density at radius 2 is 2.00 bits per heavy atom. The minimum Gasteiger partial charge on any atom is -0.481 e. The van der Waals surface area contributed by atoms with E-state index in [0.717, 1.165) is 15.8 Å². The highest BCUT2D eigenvalue weighted by Crippen LogP contribution is 2.35. The molecule has 1 aliphatic rings. The maximum absolute atomic E-state index is 11.1. The molecule has 2 heterocycles. The Bertz CT molecular complexity index is 743. The Labute approximate surface area is 132 Å². The summed E-state index contributed by atoms with van der Waals surface area (Å²) < 4.78 is 0. The van der Waals surface area contributed by atoms with Crippen LogP contribution >= 0.6 is 11.3 Å². The van der Waals surface area contributed by atoms with E-state index in [2.05, 4.69) is 15.3 Å². The lowest BCUT2D eigenvalue weighted by Crippen LogP contribution is -2.28. The van der Waals surface area contributed by atoms with Gasteiger partial charge in [-0.2, -0.15) is 0 Å². The van der Waals surface area contributed by atoms with Crippen LogP contribution in [0.4, 0.5) is 5.82 Å². The Morgan fingerprint density at radius 3 is 2.64 bits per heavy atom. The van der Waals surface area contributed by atoms with Gasteiger partial charge in [0, 0.05) is 4.88 Å². The second-order valence-corrected chi connectivity index (χ2v) is 7.11. The van der Waals surface area contributed by atoms with E-state index in [1.54, 1.807) is 11.3 Å². The summed E-state index contributed by atoms with van der Waals surface area (Å²) in [6.07, 6.45) is 0.0110. The van der Waals surface area contributed by atoms with Gasteiger partial charge in [0.25, 0.3) is 0 Å². The molecule has 0 amide bonds. The molecule has 22 heavy (non-hydrogen) atoms. The molecule has 1 aliphatic carbocycles. The van der Waals surface area contributed by atoms with Gasteiger partial charge in [0.15, 0.2) is 0 Å². The van der Waals surface area contributed by atoms with E-state index in [0.29, 0.717) is 18.1 Å². The van der Waals surface area contributed by atoms with Crippen LogP contribution in [0.3, 0.4) is 0 Å². The first kappa shape index (κ1) is 15.2. The van der Waals surface area contributed by atoms with Crippen LogP contribution in [-0.4, -0.2) is 38.3 Å². The summed E-state index contributed by atoms with van der Waals surface area (Å²) in [4.78, 5) is 22.2. The quantitative estimate of drug-likeness (QED) is 0.802. The minimum atomic E-state index is -0.852. The van der Waals surface area contributed by atoms with Crippen molar-refractivity contribution in [2.75, 3.05) is 5.32 Å². The molecule has 2 aromatic heterocycles. The average Bonchev–Trinajstić information content (AvgIpc) is 2.92. The summed E-state index contributed by atoms with van der Waals surface area (Å²) in [5.41, 5.74) is 1.13. The highest BCUT2D eigenvalue weighted by molar-refractivity contribution is 7.18. The predicted molar refractivity (Wildman–Crippen MR) is 85.4 cm³/mol. The number of aryl methyl sites for hydroxylation is 3. The van der Waals surface area contributed by atoms with Gasteiger partial charge in [-0.1, -0.05) is 0 Å². The Hall–Kier alpha value is -1.73. The third-order valence-corrected chi connectivity index (χ3v) is 5.44. The topological polar surface area (TPSA) is 95.3 Å². The van der Waals surface area contributed by atoms with Crippen LogP contribution in [0.1, 0.15) is 29.1 Å². The summed E-state index contributed by atoms with van der Waals surface area (Å²) in [7, 11) is 0. The first-order chi connectivity index (χ1) is 10.4. The van der Waals surface area contributed by atoms with Gasteiger partial charge in [0.2, 0.25) is 0 Å². The van der Waals surface area contributed by atoms with E-state index >= 15 is 0 Å². The first-order valence-electron chi connectivity index (χ1n) is 7.28. The predicted octanol–water partition coefficient (Wildman–Crippen LogP) is 2.25. The number of nitrogens with zero attached hydrogens (tertiary/aromatic N) is 2. The number of carbonyl (C=O) groups is 1. The summed E-state index contributed by atoms with van der Waals surface area (Å²) in [6.45, 7) is 5.91. The van der Waals surface area contributed by atoms with Gasteiger partial charge >= 0.3 is 5.97 Å². The SMILES string of the molecule is Cc1nc(NC2CC(C(=O)O)CC2O)c2c(C)c(C)sc2n1. The zero-order chi connectivity index (χ0) is 16.0. The number of rotatable bonds is 3. The standard InChI is InChI=1S/C15H19N3O3S/c1-6-7(2)22-14-12(6)13(16-8(3)17-14)18-10-4-9(15(20)21)5-11(10)19/h9-11,19H,4-5H2,1-3H3,(H,20,21)(H,16,17,18). The molecule has 0 spiro atoms. The fourth-order valence-corrected chi connectivity index (χ4v) is 4.08. The fourth-order valence-electron chi connectivity index (χ4n) is 3.01. The van der Waals surface area contributed by atoms with Gasteiger partial charge in [0.1, 0.15) is 16.5 Å². The summed E-state index contributed by atoms with van der Waals surface area (Å²) in [6, 6.07) is -0.293. The van der Waals surface area contributed by atoms with E-state index in [9.17, 15) is 9.90 Å². The van der Waals surface area contributed by atoms with Crippen molar-refractivity contribution in [2.45, 2.75) is 45.8 Å². The molecule has 3 unspecified atom stereocenters. The summed E-state index contributed by atoms with van der Waals surface area (Å²) in [5, 5.41) is 23.5. The number of carboxylic acid groups (broad SMARTS) is 1. The number of aromatic nitrogens is 2. The van der Waals surface area contributed by atoms with Crippen molar-refractivity contribution in [1.29, 1.82) is 0 Å². The van der Waals surface area contributed by atoms with Crippen molar-refractivity contribution in [1.82, 2.24) is 9.97 Å². The van der Waals surface area contributed by atoms with E-state index in [1.165, 1.54) is 4.88 Å². The van der Waals surface area contributed by atoms with Crippen LogP contribution < -0.4 is 5.32 Å². The maximum Gasteiger partial charge on any atom is 0.306 e. The van der Waals surface area contributed by atoms with Crippen LogP contribution in [-0.2, 0) is 4.79 Å². The molecule has 3 N–H and O–H groups in total. The van der Waals surface area contributed by atoms with Crippen molar-refractivity contribution < 1.29 is 15.0 Å². The fraction of sp³-hybridized carbons (Fsp3) is 0.533. The molecule has 0 bridgehead atoms. The van der Waals surface area contributed by atoms with Crippen molar-refractivity contribution in [3.63, 3.8) is 0 Å². The number of hydrogen-bond acceptors (Lipinski definition) is 6. The molecule has 1 saturated carbocycles. The molecule has 2 aromatic rings. The Morgan fingerprint density at radius 1 is 1.27 bits per heavy atom. The van der Waals surface area contributed by atoms with Gasteiger partial charge in [-0.25, -0.2) is 9.97 Å². The number of anilines is 1. The number of thiophene rings is 1. The van der Waals surface area contributed by atoms with Crippen molar-refractivity contribution in [2.24, 2.45) is 5.92 Å². The maximum atomic E-state index is 11.1. The number of aliphatic hydroxyl groups is 1.